The fraction of sp³-hybridized carbons (Fsp3) is 0.312. The molecule has 8 nitrogen and oxygen atoms in total. The van der Waals surface area contributed by atoms with Gasteiger partial charge in [-0.1, -0.05) is 12.1 Å². The van der Waals surface area contributed by atoms with Crippen LogP contribution in [-0.2, 0) is 0 Å². The summed E-state index contributed by atoms with van der Waals surface area (Å²) in [5, 5.41) is 7.04. The number of fused-ring (bicyclic) bond motifs is 2. The Morgan fingerprint density at radius 1 is 1.33 bits per heavy atom. The molecule has 3 aromatic rings. The summed E-state index contributed by atoms with van der Waals surface area (Å²) in [6.45, 7) is 3.66. The van der Waals surface area contributed by atoms with Gasteiger partial charge in [-0.2, -0.15) is 10.1 Å². The van der Waals surface area contributed by atoms with Crippen LogP contribution in [0, 0.1) is 0 Å². The molecule has 0 saturated heterocycles. The Hall–Kier alpha value is -3.03. The first-order valence-electron chi connectivity index (χ1n) is 7.81. The summed E-state index contributed by atoms with van der Waals surface area (Å²) < 4.78 is 11.7. The Labute approximate surface area is 137 Å². The van der Waals surface area contributed by atoms with Crippen molar-refractivity contribution in [2.75, 3.05) is 24.6 Å². The Morgan fingerprint density at radius 3 is 3.00 bits per heavy atom. The first-order chi connectivity index (χ1) is 11.7. The van der Waals surface area contributed by atoms with Crippen LogP contribution in [0.1, 0.15) is 6.92 Å². The summed E-state index contributed by atoms with van der Waals surface area (Å²) in [5.74, 6) is 1.97. The lowest BCUT2D eigenvalue weighted by Gasteiger charge is -2.31. The van der Waals surface area contributed by atoms with Crippen molar-refractivity contribution in [3.63, 3.8) is 0 Å². The third-order valence-corrected chi connectivity index (χ3v) is 3.98. The molecule has 0 spiro atoms. The molecule has 0 saturated carbocycles. The van der Waals surface area contributed by atoms with Crippen LogP contribution in [0.3, 0.4) is 0 Å². The molecule has 1 aliphatic heterocycles. The van der Waals surface area contributed by atoms with E-state index in [9.17, 15) is 4.79 Å². The fourth-order valence-corrected chi connectivity index (χ4v) is 2.75. The lowest BCUT2D eigenvalue weighted by Crippen LogP contribution is -2.42. The number of aromatic amines is 2. The average Bonchev–Trinajstić information content (AvgIpc) is 3.08. The van der Waals surface area contributed by atoms with Gasteiger partial charge in [-0.15, -0.1) is 0 Å². The van der Waals surface area contributed by atoms with Gasteiger partial charge in [0.1, 0.15) is 12.0 Å². The minimum Gasteiger partial charge on any atom is -0.486 e. The van der Waals surface area contributed by atoms with E-state index in [2.05, 4.69) is 20.2 Å². The number of likely N-dealkylation sites (N-methyl/N-ethyl adjacent to an activating group) is 1. The molecule has 2 N–H and O–H groups in total. The number of nitrogens with one attached hydrogen (secondary N) is 2. The molecular weight excluding hydrogens is 310 g/mol. The summed E-state index contributed by atoms with van der Waals surface area (Å²) in [7, 11) is 0. The molecule has 24 heavy (non-hydrogen) atoms. The molecule has 124 valence electrons. The molecule has 3 heterocycles. The molecule has 1 aliphatic rings. The van der Waals surface area contributed by atoms with Crippen molar-refractivity contribution >= 4 is 17.0 Å². The molecule has 1 atom stereocenters. The van der Waals surface area contributed by atoms with Crippen molar-refractivity contribution in [3.8, 4) is 11.5 Å². The number of anilines is 1. The molecule has 4 rings (SSSR count). The van der Waals surface area contributed by atoms with Crippen LogP contribution in [0.4, 0.5) is 5.95 Å². The van der Waals surface area contributed by atoms with Gasteiger partial charge in [-0.25, -0.2) is 0 Å². The maximum atomic E-state index is 12.1. The number of benzene rings is 1. The molecule has 0 fully saturated rings. The number of hydrogen-bond donors (Lipinski definition) is 2. The highest BCUT2D eigenvalue weighted by molar-refractivity contribution is 5.73. The summed E-state index contributed by atoms with van der Waals surface area (Å²) in [5.41, 5.74) is 0.256. The second-order valence-corrected chi connectivity index (χ2v) is 5.56. The number of nitrogens with zero attached hydrogens (tertiary/aromatic N) is 3. The Morgan fingerprint density at radius 2 is 2.17 bits per heavy atom. The topological polar surface area (TPSA) is 96.1 Å². The predicted octanol–water partition coefficient (Wildman–Crippen LogP) is 1.31. The van der Waals surface area contributed by atoms with Crippen LogP contribution in [0.2, 0.25) is 0 Å². The zero-order valence-electron chi connectivity index (χ0n) is 13.2. The van der Waals surface area contributed by atoms with E-state index in [1.165, 1.54) is 6.20 Å². The molecule has 0 amide bonds. The summed E-state index contributed by atoms with van der Waals surface area (Å²) in [6, 6.07) is 7.59. The van der Waals surface area contributed by atoms with Gasteiger partial charge >= 0.3 is 0 Å². The number of ether oxygens (including phenoxy) is 2. The second kappa shape index (κ2) is 5.88. The molecule has 1 unspecified atom stereocenters. The largest absolute Gasteiger partial charge is 0.486 e. The van der Waals surface area contributed by atoms with Crippen LogP contribution in [0.15, 0.2) is 35.3 Å². The van der Waals surface area contributed by atoms with E-state index >= 15 is 0 Å². The standard InChI is InChI=1S/C16H17N5O3/c1-2-21(16-18-14-11(7-17-20-14)15(22)19-16)8-10-9-23-12-5-3-4-6-13(12)24-10/h3-7,10H,2,8-9H2,1H3,(H2,17,18,19,20,22). The number of rotatable bonds is 4. The van der Waals surface area contributed by atoms with Crippen LogP contribution in [0.5, 0.6) is 11.5 Å². The monoisotopic (exact) mass is 327 g/mol. The van der Waals surface area contributed by atoms with E-state index in [0.717, 1.165) is 11.5 Å². The quantitative estimate of drug-likeness (QED) is 0.750. The van der Waals surface area contributed by atoms with Crippen molar-refractivity contribution in [3.05, 3.63) is 40.8 Å². The number of para-hydroxylation sites is 2. The molecule has 1 aromatic carbocycles. The van der Waals surface area contributed by atoms with Gasteiger partial charge in [0.05, 0.1) is 12.7 Å². The summed E-state index contributed by atoms with van der Waals surface area (Å²) in [6.07, 6.45) is 1.32. The SMILES string of the molecule is CCN(CC1COc2ccccc2O1)c1nc2[nH]ncc2c(=O)[nH]1. The van der Waals surface area contributed by atoms with Crippen molar-refractivity contribution in [2.45, 2.75) is 13.0 Å². The summed E-state index contributed by atoms with van der Waals surface area (Å²) >= 11 is 0. The van der Waals surface area contributed by atoms with Crippen LogP contribution in [0.25, 0.3) is 11.0 Å². The molecular formula is C16H17N5O3. The van der Waals surface area contributed by atoms with E-state index in [4.69, 9.17) is 9.47 Å². The Balaban J connectivity index is 1.57. The maximum absolute atomic E-state index is 12.1. The number of aromatic nitrogens is 4. The lowest BCUT2D eigenvalue weighted by molar-refractivity contribution is 0.0952. The summed E-state index contributed by atoms with van der Waals surface area (Å²) in [4.78, 5) is 21.3. The average molecular weight is 327 g/mol. The number of hydrogen-bond acceptors (Lipinski definition) is 6. The predicted molar refractivity (Wildman–Crippen MR) is 88.7 cm³/mol. The van der Waals surface area contributed by atoms with Crippen molar-refractivity contribution in [2.24, 2.45) is 0 Å². The van der Waals surface area contributed by atoms with Crippen LogP contribution in [-0.4, -0.2) is 46.0 Å². The molecule has 0 radical (unpaired) electrons. The van der Waals surface area contributed by atoms with Gasteiger partial charge in [0.2, 0.25) is 5.95 Å². The zero-order valence-corrected chi connectivity index (χ0v) is 13.2. The van der Waals surface area contributed by atoms with Crippen LogP contribution < -0.4 is 19.9 Å². The van der Waals surface area contributed by atoms with Crippen molar-refractivity contribution in [1.29, 1.82) is 0 Å². The fourth-order valence-electron chi connectivity index (χ4n) is 2.75. The van der Waals surface area contributed by atoms with E-state index in [1.807, 2.05) is 36.1 Å². The third kappa shape index (κ3) is 2.55. The second-order valence-electron chi connectivity index (χ2n) is 5.56. The maximum Gasteiger partial charge on any atom is 0.263 e. The lowest BCUT2D eigenvalue weighted by atomic mass is 10.2. The molecule has 0 aliphatic carbocycles. The minimum atomic E-state index is -0.214. The van der Waals surface area contributed by atoms with Crippen molar-refractivity contribution < 1.29 is 9.47 Å². The highest BCUT2D eigenvalue weighted by Crippen LogP contribution is 2.31. The van der Waals surface area contributed by atoms with Crippen LogP contribution >= 0.6 is 0 Å². The van der Waals surface area contributed by atoms with E-state index in [1.54, 1.807) is 0 Å². The third-order valence-electron chi connectivity index (χ3n) is 3.98. The normalized spacial score (nSPS) is 16.3. The van der Waals surface area contributed by atoms with Gasteiger partial charge in [0, 0.05) is 6.54 Å². The Kier molecular flexibility index (Phi) is 3.56. The van der Waals surface area contributed by atoms with Gasteiger partial charge in [-0.05, 0) is 19.1 Å². The van der Waals surface area contributed by atoms with Gasteiger partial charge < -0.3 is 14.4 Å². The smallest absolute Gasteiger partial charge is 0.263 e. The first-order valence-corrected chi connectivity index (χ1v) is 7.81. The van der Waals surface area contributed by atoms with E-state index in [-0.39, 0.29) is 11.7 Å². The molecule has 0 bridgehead atoms. The Bertz CT molecular complexity index is 919. The molecule has 2 aromatic heterocycles. The minimum absolute atomic E-state index is 0.150. The van der Waals surface area contributed by atoms with E-state index < -0.39 is 0 Å². The first kappa shape index (κ1) is 14.6. The molecule has 8 heteroatoms. The zero-order chi connectivity index (χ0) is 16.5. The van der Waals surface area contributed by atoms with E-state index in [0.29, 0.717) is 36.7 Å². The highest BCUT2D eigenvalue weighted by atomic mass is 16.6. The van der Waals surface area contributed by atoms with Gasteiger partial charge in [-0.3, -0.25) is 14.9 Å². The highest BCUT2D eigenvalue weighted by Gasteiger charge is 2.24. The van der Waals surface area contributed by atoms with Gasteiger partial charge in [0.25, 0.3) is 5.56 Å². The number of H-pyrrole nitrogens is 2. The van der Waals surface area contributed by atoms with Gasteiger partial charge in [0.15, 0.2) is 23.3 Å². The van der Waals surface area contributed by atoms with Crippen molar-refractivity contribution in [1.82, 2.24) is 20.2 Å².